The van der Waals surface area contributed by atoms with E-state index < -0.39 is 23.2 Å². The highest BCUT2D eigenvalue weighted by molar-refractivity contribution is 9.10. The number of carbonyl (C=O) groups excluding carboxylic acids is 1. The van der Waals surface area contributed by atoms with Gasteiger partial charge in [0.1, 0.15) is 11.3 Å². The topological polar surface area (TPSA) is 101 Å². The van der Waals surface area contributed by atoms with E-state index in [2.05, 4.69) is 31.7 Å². The van der Waals surface area contributed by atoms with Crippen molar-refractivity contribution >= 4 is 21.8 Å². The van der Waals surface area contributed by atoms with Crippen molar-refractivity contribution in [1.82, 2.24) is 10.5 Å². The van der Waals surface area contributed by atoms with Gasteiger partial charge in [-0.25, -0.2) is 8.78 Å². The van der Waals surface area contributed by atoms with Gasteiger partial charge >= 0.3 is 0 Å². The molecule has 1 saturated heterocycles. The van der Waals surface area contributed by atoms with E-state index >= 15 is 0 Å². The van der Waals surface area contributed by atoms with Crippen molar-refractivity contribution in [2.75, 3.05) is 33.4 Å². The van der Waals surface area contributed by atoms with E-state index in [1.807, 2.05) is 24.3 Å². The molecule has 0 spiro atoms. The van der Waals surface area contributed by atoms with Crippen LogP contribution in [0.1, 0.15) is 54.8 Å². The van der Waals surface area contributed by atoms with Gasteiger partial charge in [0.05, 0.1) is 23.5 Å². The van der Waals surface area contributed by atoms with Gasteiger partial charge < -0.3 is 37.4 Å². The summed E-state index contributed by atoms with van der Waals surface area (Å²) >= 11 is 3.68. The average Bonchev–Trinajstić information content (AvgIpc) is 3.28. The molecule has 0 unspecified atom stereocenters. The molecule has 2 heterocycles. The third-order valence-electron chi connectivity index (χ3n) is 7.26. The average molecular weight is 629 g/mol. The molecule has 0 radical (unpaired) electrons. The van der Waals surface area contributed by atoms with E-state index in [1.54, 1.807) is 7.11 Å². The molecule has 11 heteroatoms. The number of nitrogens with zero attached hydrogens (tertiary/aromatic N) is 1. The molecule has 4 rings (SSSR count). The van der Waals surface area contributed by atoms with Crippen LogP contribution in [-0.2, 0) is 15.1 Å². The number of methoxy groups -OCH3 is 1. The zero-order chi connectivity index (χ0) is 27.3. The summed E-state index contributed by atoms with van der Waals surface area (Å²) in [4.78, 5) is 11.7. The smallest absolute Gasteiger partial charge is 0.216 e. The van der Waals surface area contributed by atoms with Gasteiger partial charge in [-0.05, 0) is 52.0 Å². The molecule has 0 aliphatic carbocycles. The third kappa shape index (κ3) is 6.86. The highest BCUT2D eigenvalue weighted by atomic mass is 79.9. The lowest BCUT2D eigenvalue weighted by Crippen LogP contribution is -3.00. The minimum atomic E-state index is -1.45. The molecule has 3 aromatic rings. The summed E-state index contributed by atoms with van der Waals surface area (Å²) in [5.74, 6) is -2.08. The monoisotopic (exact) mass is 627 g/mol. The highest BCUT2D eigenvalue weighted by Crippen LogP contribution is 2.45. The van der Waals surface area contributed by atoms with Crippen LogP contribution in [0.5, 0.6) is 0 Å². The summed E-state index contributed by atoms with van der Waals surface area (Å²) in [6.45, 7) is 3.68. The Kier molecular flexibility index (Phi) is 11.0. The molecular weight excluding hydrogens is 596 g/mol. The van der Waals surface area contributed by atoms with Crippen molar-refractivity contribution in [3.63, 3.8) is 0 Å². The lowest BCUT2D eigenvalue weighted by atomic mass is 9.75. The van der Waals surface area contributed by atoms with E-state index in [9.17, 15) is 18.7 Å². The van der Waals surface area contributed by atoms with E-state index in [-0.39, 0.29) is 24.2 Å². The lowest BCUT2D eigenvalue weighted by Gasteiger charge is -2.38. The van der Waals surface area contributed by atoms with Gasteiger partial charge in [0.25, 0.3) is 0 Å². The maximum Gasteiger partial charge on any atom is 0.216 e. The molecule has 39 heavy (non-hydrogen) atoms. The fourth-order valence-corrected chi connectivity index (χ4v) is 5.90. The van der Waals surface area contributed by atoms with Crippen LogP contribution in [0.25, 0.3) is 11.3 Å². The maximum atomic E-state index is 14.1. The molecule has 1 amide bonds. The van der Waals surface area contributed by atoms with Crippen LogP contribution in [0.15, 0.2) is 51.5 Å². The number of rotatable bonds is 10. The number of hydrogen-bond donors (Lipinski definition) is 3. The summed E-state index contributed by atoms with van der Waals surface area (Å²) in [6, 6.07) is 11.3. The summed E-state index contributed by atoms with van der Waals surface area (Å²) in [5, 5.41) is 21.2. The van der Waals surface area contributed by atoms with Crippen molar-refractivity contribution in [2.45, 2.75) is 43.6 Å². The molecule has 7 nitrogen and oxygen atoms in total. The Morgan fingerprint density at radius 1 is 1.31 bits per heavy atom. The van der Waals surface area contributed by atoms with Crippen molar-refractivity contribution in [3.8, 4) is 11.3 Å². The first-order valence-corrected chi connectivity index (χ1v) is 13.5. The number of quaternary nitrogens is 1. The fraction of sp³-hybridized carbons (Fsp3) is 0.429. The van der Waals surface area contributed by atoms with Gasteiger partial charge in [0.15, 0.2) is 17.4 Å². The van der Waals surface area contributed by atoms with E-state index in [0.29, 0.717) is 54.2 Å². The van der Waals surface area contributed by atoms with Crippen LogP contribution in [-0.4, -0.2) is 49.5 Å². The number of aromatic nitrogens is 1. The lowest BCUT2D eigenvalue weighted by molar-refractivity contribution is -0.672. The van der Waals surface area contributed by atoms with Crippen LogP contribution in [0.3, 0.4) is 0 Å². The number of aliphatic hydroxyl groups is 1. The van der Waals surface area contributed by atoms with Crippen LogP contribution in [0.4, 0.5) is 8.78 Å². The Morgan fingerprint density at radius 3 is 2.79 bits per heavy atom. The SMILES string of the molecule is COCCC[C@H](CNC(C)=O)c1ccccc1-c1onc([C@H]2C[NH2+]CC[C@]2(O)c2ccc(F)c(F)c2)c1Br.[Cl-]. The molecule has 3 atom stereocenters. The van der Waals surface area contributed by atoms with E-state index in [4.69, 9.17) is 9.26 Å². The van der Waals surface area contributed by atoms with Crippen LogP contribution in [0, 0.1) is 11.6 Å². The Bertz CT molecular complexity index is 1280. The van der Waals surface area contributed by atoms with Crippen molar-refractivity contribution in [2.24, 2.45) is 0 Å². The Labute approximate surface area is 241 Å². The number of ether oxygens (including phenoxy) is 1. The second-order valence-electron chi connectivity index (χ2n) is 9.74. The van der Waals surface area contributed by atoms with Gasteiger partial charge in [-0.2, -0.15) is 0 Å². The van der Waals surface area contributed by atoms with Gasteiger partial charge in [-0.15, -0.1) is 0 Å². The molecule has 0 bridgehead atoms. The summed E-state index contributed by atoms with van der Waals surface area (Å²) in [7, 11) is 1.66. The molecule has 2 aromatic carbocycles. The zero-order valence-corrected chi connectivity index (χ0v) is 24.2. The number of benzene rings is 2. The first-order valence-electron chi connectivity index (χ1n) is 12.7. The van der Waals surface area contributed by atoms with Gasteiger partial charge in [-0.1, -0.05) is 35.5 Å². The number of nitrogens with one attached hydrogen (secondary N) is 1. The summed E-state index contributed by atoms with van der Waals surface area (Å²) < 4.78 is 39.5. The third-order valence-corrected chi connectivity index (χ3v) is 8.03. The van der Waals surface area contributed by atoms with Crippen molar-refractivity contribution in [1.29, 1.82) is 0 Å². The largest absolute Gasteiger partial charge is 1.00 e. The van der Waals surface area contributed by atoms with Gasteiger partial charge in [0, 0.05) is 45.1 Å². The van der Waals surface area contributed by atoms with Crippen LogP contribution >= 0.6 is 15.9 Å². The number of carbonyl (C=O) groups is 1. The molecule has 1 fully saturated rings. The molecule has 1 aliphatic rings. The Balaban J connectivity index is 0.00000420. The summed E-state index contributed by atoms with van der Waals surface area (Å²) in [6.07, 6.45) is 1.94. The highest BCUT2D eigenvalue weighted by Gasteiger charge is 2.47. The molecule has 212 valence electrons. The maximum absolute atomic E-state index is 14.1. The predicted octanol–water partition coefficient (Wildman–Crippen LogP) is 0.971. The summed E-state index contributed by atoms with van der Waals surface area (Å²) in [5.41, 5.74) is 1.18. The minimum absolute atomic E-state index is 0. The Hall–Kier alpha value is -2.37. The van der Waals surface area contributed by atoms with Crippen LogP contribution < -0.4 is 23.0 Å². The number of piperidine rings is 1. The second kappa shape index (κ2) is 13.8. The van der Waals surface area contributed by atoms with Crippen molar-refractivity contribution < 1.29 is 45.7 Å². The van der Waals surface area contributed by atoms with Gasteiger partial charge in [-0.3, -0.25) is 4.79 Å². The fourth-order valence-electron chi connectivity index (χ4n) is 5.27. The Morgan fingerprint density at radius 2 is 2.08 bits per heavy atom. The number of amides is 1. The quantitative estimate of drug-likeness (QED) is 0.291. The number of hydrogen-bond acceptors (Lipinski definition) is 5. The predicted molar refractivity (Wildman–Crippen MR) is 141 cm³/mol. The van der Waals surface area contributed by atoms with Crippen LogP contribution in [0.2, 0.25) is 0 Å². The zero-order valence-electron chi connectivity index (χ0n) is 21.9. The first kappa shape index (κ1) is 31.2. The number of halogens is 4. The molecule has 1 aromatic heterocycles. The normalized spacial score (nSPS) is 19.8. The second-order valence-corrected chi connectivity index (χ2v) is 10.5. The van der Waals surface area contributed by atoms with Gasteiger partial charge in [0.2, 0.25) is 5.91 Å². The van der Waals surface area contributed by atoms with E-state index in [0.717, 1.165) is 36.1 Å². The van der Waals surface area contributed by atoms with Crippen molar-refractivity contribution in [3.05, 3.63) is 75.4 Å². The molecule has 0 saturated carbocycles. The minimum Gasteiger partial charge on any atom is -1.00 e. The molecular formula is C28H33BrClF2N3O4. The number of nitrogens with two attached hydrogens (primary N) is 1. The van der Waals surface area contributed by atoms with E-state index in [1.165, 1.54) is 13.0 Å². The standard InChI is InChI=1S/C28H32BrF2N3O4.ClH/c1-17(35)33-15-18(6-5-13-37-2)20-7-3-4-8-21(20)27-25(29)26(34-38-27)22-16-32-12-11-28(22,36)19-9-10-23(30)24(31)14-19;/h3-4,7-10,14,18,22,32,36H,5-6,11-13,15-16H2,1-2H3,(H,33,35);1H/t18-,22-,28+;/m1./s1. The molecule has 4 N–H and O–H groups in total. The molecule has 1 aliphatic heterocycles. The first-order chi connectivity index (χ1) is 18.3.